The highest BCUT2D eigenvalue weighted by Crippen LogP contribution is 2.33. The molecule has 0 aromatic heterocycles. The van der Waals surface area contributed by atoms with Gasteiger partial charge in [-0.1, -0.05) is 0 Å². The van der Waals surface area contributed by atoms with Gasteiger partial charge < -0.3 is 14.6 Å². The number of hydrogen-bond acceptors (Lipinski definition) is 4. The van der Waals surface area contributed by atoms with Crippen LogP contribution in [0.25, 0.3) is 0 Å². The number of aliphatic carboxylic acids is 1. The number of carboxylic acid groups (broad SMARTS) is 1. The summed E-state index contributed by atoms with van der Waals surface area (Å²) in [6, 6.07) is 2.99. The van der Waals surface area contributed by atoms with E-state index in [-0.39, 0.29) is 5.56 Å². The van der Waals surface area contributed by atoms with Gasteiger partial charge in [0.05, 0.1) is 20.1 Å². The van der Waals surface area contributed by atoms with Crippen LogP contribution in [0.3, 0.4) is 0 Å². The van der Waals surface area contributed by atoms with E-state index in [1.165, 1.54) is 33.3 Å². The van der Waals surface area contributed by atoms with E-state index in [0.29, 0.717) is 23.3 Å². The Morgan fingerprint density at radius 2 is 1.82 bits per heavy atom. The predicted molar refractivity (Wildman–Crippen MR) is 61.0 cm³/mol. The summed E-state index contributed by atoms with van der Waals surface area (Å²) >= 11 is 0. The number of ether oxygens (including phenoxy) is 2. The summed E-state index contributed by atoms with van der Waals surface area (Å²) in [6.45, 7) is 1.51. The molecule has 0 heterocycles. The fourth-order valence-electron chi connectivity index (χ4n) is 1.52. The van der Waals surface area contributed by atoms with Crippen LogP contribution >= 0.6 is 0 Å². The Morgan fingerprint density at radius 1 is 1.29 bits per heavy atom. The number of benzene rings is 1. The van der Waals surface area contributed by atoms with Crippen LogP contribution in [0, 0.1) is 0 Å². The summed E-state index contributed by atoms with van der Waals surface area (Å²) in [4.78, 5) is 21.9. The van der Waals surface area contributed by atoms with Gasteiger partial charge in [0.2, 0.25) is 0 Å². The molecule has 0 spiro atoms. The summed E-state index contributed by atoms with van der Waals surface area (Å²) in [7, 11) is 2.90. The molecule has 0 amide bonds. The number of methoxy groups -OCH3 is 2. The molecule has 1 atom stereocenters. The van der Waals surface area contributed by atoms with Crippen molar-refractivity contribution in [2.24, 2.45) is 0 Å². The third-order valence-corrected chi connectivity index (χ3v) is 2.55. The lowest BCUT2D eigenvalue weighted by Gasteiger charge is -2.14. The highest BCUT2D eigenvalue weighted by atomic mass is 16.5. The van der Waals surface area contributed by atoms with E-state index in [0.717, 1.165) is 0 Å². The molecule has 0 aliphatic heterocycles. The quantitative estimate of drug-likeness (QED) is 0.790. The minimum Gasteiger partial charge on any atom is -0.493 e. The number of carbonyl (C=O) groups is 2. The third kappa shape index (κ3) is 2.55. The Bertz CT molecular complexity index is 439. The molecular formula is C12H14O5. The van der Waals surface area contributed by atoms with Crippen molar-refractivity contribution in [3.8, 4) is 11.5 Å². The van der Waals surface area contributed by atoms with Gasteiger partial charge in [0.15, 0.2) is 11.5 Å². The minimum atomic E-state index is -1.000. The van der Waals surface area contributed by atoms with Crippen molar-refractivity contribution in [1.29, 1.82) is 0 Å². The molecule has 92 valence electrons. The zero-order valence-corrected chi connectivity index (χ0v) is 9.89. The molecule has 0 fully saturated rings. The van der Waals surface area contributed by atoms with E-state index in [4.69, 9.17) is 14.6 Å². The second kappa shape index (κ2) is 5.34. The van der Waals surface area contributed by atoms with Crippen molar-refractivity contribution in [3.05, 3.63) is 23.3 Å². The first kappa shape index (κ1) is 13.0. The Balaban J connectivity index is 3.38. The smallest absolute Gasteiger partial charge is 0.310 e. The van der Waals surface area contributed by atoms with Crippen LogP contribution < -0.4 is 9.47 Å². The lowest BCUT2D eigenvalue weighted by molar-refractivity contribution is -0.138. The summed E-state index contributed by atoms with van der Waals surface area (Å²) in [5.41, 5.74) is 0.697. The van der Waals surface area contributed by atoms with Gasteiger partial charge in [-0.15, -0.1) is 0 Å². The van der Waals surface area contributed by atoms with Crippen LogP contribution in [-0.4, -0.2) is 31.6 Å². The standard InChI is InChI=1S/C12H14O5/c1-7(12(14)15)9-5-11(17-3)10(16-2)4-8(9)6-13/h4-7H,1-3H3,(H,14,15). The first-order valence-corrected chi connectivity index (χ1v) is 4.99. The summed E-state index contributed by atoms with van der Waals surface area (Å²) in [5, 5.41) is 8.96. The van der Waals surface area contributed by atoms with E-state index in [2.05, 4.69) is 0 Å². The van der Waals surface area contributed by atoms with Gasteiger partial charge in [0, 0.05) is 5.56 Å². The van der Waals surface area contributed by atoms with Crippen LogP contribution in [0.15, 0.2) is 12.1 Å². The molecule has 5 heteroatoms. The SMILES string of the molecule is COc1cc(C=O)c(C(C)C(=O)O)cc1OC. The molecule has 0 aliphatic carbocycles. The van der Waals surface area contributed by atoms with Crippen LogP contribution in [0.4, 0.5) is 0 Å². The van der Waals surface area contributed by atoms with Crippen LogP contribution in [0.5, 0.6) is 11.5 Å². The van der Waals surface area contributed by atoms with Gasteiger partial charge in [-0.25, -0.2) is 0 Å². The van der Waals surface area contributed by atoms with Crippen molar-refractivity contribution in [2.45, 2.75) is 12.8 Å². The molecule has 1 aromatic rings. The van der Waals surface area contributed by atoms with Gasteiger partial charge in [0.25, 0.3) is 0 Å². The monoisotopic (exact) mass is 238 g/mol. The fraction of sp³-hybridized carbons (Fsp3) is 0.333. The maximum atomic E-state index is 10.9. The fourth-order valence-corrected chi connectivity index (χ4v) is 1.52. The van der Waals surface area contributed by atoms with Gasteiger partial charge in [-0.3, -0.25) is 9.59 Å². The van der Waals surface area contributed by atoms with E-state index in [1.807, 2.05) is 0 Å². The van der Waals surface area contributed by atoms with Crippen molar-refractivity contribution in [1.82, 2.24) is 0 Å². The molecule has 17 heavy (non-hydrogen) atoms. The molecule has 0 radical (unpaired) electrons. The van der Waals surface area contributed by atoms with Crippen LogP contribution in [0.2, 0.25) is 0 Å². The van der Waals surface area contributed by atoms with E-state index in [1.54, 1.807) is 0 Å². The Hall–Kier alpha value is -2.04. The first-order chi connectivity index (χ1) is 8.04. The van der Waals surface area contributed by atoms with Crippen molar-refractivity contribution < 1.29 is 24.2 Å². The van der Waals surface area contributed by atoms with Gasteiger partial charge in [0.1, 0.15) is 6.29 Å². The number of rotatable bonds is 5. The van der Waals surface area contributed by atoms with Crippen LogP contribution in [0.1, 0.15) is 28.8 Å². The molecule has 5 nitrogen and oxygen atoms in total. The highest BCUT2D eigenvalue weighted by Gasteiger charge is 2.20. The average Bonchev–Trinajstić information content (AvgIpc) is 2.35. The number of carbonyl (C=O) groups excluding carboxylic acids is 1. The van der Waals surface area contributed by atoms with E-state index in [9.17, 15) is 9.59 Å². The lowest BCUT2D eigenvalue weighted by atomic mass is 9.95. The zero-order chi connectivity index (χ0) is 13.0. The van der Waals surface area contributed by atoms with E-state index >= 15 is 0 Å². The lowest BCUT2D eigenvalue weighted by Crippen LogP contribution is -2.10. The van der Waals surface area contributed by atoms with Crippen molar-refractivity contribution in [3.63, 3.8) is 0 Å². The Morgan fingerprint density at radius 3 is 2.24 bits per heavy atom. The molecule has 0 saturated heterocycles. The van der Waals surface area contributed by atoms with Gasteiger partial charge >= 0.3 is 5.97 Å². The second-order valence-electron chi connectivity index (χ2n) is 3.51. The zero-order valence-electron chi connectivity index (χ0n) is 9.89. The number of hydrogen-bond donors (Lipinski definition) is 1. The molecule has 1 unspecified atom stereocenters. The third-order valence-electron chi connectivity index (χ3n) is 2.55. The van der Waals surface area contributed by atoms with Crippen molar-refractivity contribution >= 4 is 12.3 Å². The topological polar surface area (TPSA) is 72.8 Å². The predicted octanol–water partition coefficient (Wildman–Crippen LogP) is 1.70. The molecule has 1 rings (SSSR count). The molecular weight excluding hydrogens is 224 g/mol. The van der Waals surface area contributed by atoms with Crippen molar-refractivity contribution in [2.75, 3.05) is 14.2 Å². The normalized spacial score (nSPS) is 11.7. The maximum Gasteiger partial charge on any atom is 0.310 e. The largest absolute Gasteiger partial charge is 0.493 e. The molecule has 1 aromatic carbocycles. The number of aldehydes is 1. The Labute approximate surface area is 99.0 Å². The van der Waals surface area contributed by atoms with Crippen LogP contribution in [-0.2, 0) is 4.79 Å². The van der Waals surface area contributed by atoms with Gasteiger partial charge in [-0.05, 0) is 24.6 Å². The average molecular weight is 238 g/mol. The molecule has 1 N–H and O–H groups in total. The molecule has 0 aliphatic rings. The first-order valence-electron chi connectivity index (χ1n) is 4.99. The second-order valence-corrected chi connectivity index (χ2v) is 3.51. The summed E-state index contributed by atoms with van der Waals surface area (Å²) < 4.78 is 10.1. The Kier molecular flexibility index (Phi) is 4.09. The van der Waals surface area contributed by atoms with E-state index < -0.39 is 11.9 Å². The molecule has 0 bridgehead atoms. The maximum absolute atomic E-state index is 10.9. The highest BCUT2D eigenvalue weighted by molar-refractivity contribution is 5.85. The minimum absolute atomic E-state index is 0.289. The summed E-state index contributed by atoms with van der Waals surface area (Å²) in [6.07, 6.45) is 0.608. The van der Waals surface area contributed by atoms with Gasteiger partial charge in [-0.2, -0.15) is 0 Å². The molecule has 0 saturated carbocycles. The summed E-state index contributed by atoms with van der Waals surface area (Å²) in [5.74, 6) is -0.979. The number of carboxylic acids is 1.